The molecule has 0 nitrogen and oxygen atoms in total. The van der Waals surface area contributed by atoms with Crippen LogP contribution in [0.2, 0.25) is 0 Å². The normalized spacial score (nSPS) is 15.0. The molecule has 1 fully saturated rings. The molecule has 0 aliphatic heterocycles. The van der Waals surface area contributed by atoms with E-state index in [4.69, 9.17) is 0 Å². The van der Waals surface area contributed by atoms with Crippen molar-refractivity contribution in [2.24, 2.45) is 0 Å². The van der Waals surface area contributed by atoms with Crippen LogP contribution >= 0.6 is 0 Å². The number of rotatable bonds is 7. The zero-order valence-corrected chi connectivity index (χ0v) is 22.6. The summed E-state index contributed by atoms with van der Waals surface area (Å²) in [5.41, 5.74) is 10.5. The summed E-state index contributed by atoms with van der Waals surface area (Å²) in [5.74, 6) is 7.34. The van der Waals surface area contributed by atoms with E-state index in [2.05, 4.69) is 128 Å². The van der Waals surface area contributed by atoms with Crippen LogP contribution in [-0.4, -0.2) is 0 Å². The molecule has 190 valence electrons. The van der Waals surface area contributed by atoms with Gasteiger partial charge >= 0.3 is 0 Å². The van der Waals surface area contributed by atoms with Crippen molar-refractivity contribution in [3.05, 3.63) is 137 Å². The fraction of sp³-hybridized carbons (Fsp3) is 0.263. The van der Waals surface area contributed by atoms with Gasteiger partial charge in [0.15, 0.2) is 0 Å². The van der Waals surface area contributed by atoms with E-state index < -0.39 is 0 Å². The van der Waals surface area contributed by atoms with E-state index in [9.17, 15) is 0 Å². The molecular formula is C38H38. The van der Waals surface area contributed by atoms with Crippen molar-refractivity contribution in [3.63, 3.8) is 0 Å². The van der Waals surface area contributed by atoms with Crippen LogP contribution in [0.15, 0.2) is 109 Å². The first-order valence-corrected chi connectivity index (χ1v) is 14.3. The van der Waals surface area contributed by atoms with Gasteiger partial charge in [0.2, 0.25) is 0 Å². The van der Waals surface area contributed by atoms with Crippen LogP contribution in [0.5, 0.6) is 0 Å². The third-order valence-corrected chi connectivity index (χ3v) is 7.77. The van der Waals surface area contributed by atoms with E-state index in [0.717, 1.165) is 11.1 Å². The Labute approximate surface area is 229 Å². The molecule has 38 heavy (non-hydrogen) atoms. The molecule has 0 spiro atoms. The molecule has 1 saturated carbocycles. The maximum atomic E-state index is 3.35. The first kappa shape index (κ1) is 25.8. The molecule has 4 aromatic carbocycles. The lowest BCUT2D eigenvalue weighted by Gasteiger charge is -2.24. The molecule has 0 heteroatoms. The molecule has 0 aromatic heterocycles. The van der Waals surface area contributed by atoms with Crippen LogP contribution in [-0.2, 0) is 6.42 Å². The Bertz CT molecular complexity index is 1370. The number of allylic oxidation sites excluding steroid dienone is 1. The van der Waals surface area contributed by atoms with Crippen LogP contribution in [0, 0.1) is 11.8 Å². The van der Waals surface area contributed by atoms with Gasteiger partial charge in [-0.2, -0.15) is 0 Å². The highest BCUT2D eigenvalue weighted by Crippen LogP contribution is 2.36. The Morgan fingerprint density at radius 1 is 0.658 bits per heavy atom. The minimum absolute atomic E-state index is 0.648. The molecule has 5 rings (SSSR count). The van der Waals surface area contributed by atoms with E-state index in [0.29, 0.717) is 5.92 Å². The SMILES string of the molecule is CCCCCc1ccc(C#Cc2ccc(C3CCC(=Cc4ccc(-c5ccccc5)cc4)CC3)cc2)cc1. The van der Waals surface area contributed by atoms with E-state index in [1.54, 1.807) is 5.57 Å². The van der Waals surface area contributed by atoms with Gasteiger partial charge in [0.05, 0.1) is 0 Å². The molecule has 0 saturated heterocycles. The van der Waals surface area contributed by atoms with Gasteiger partial charge in [0.25, 0.3) is 0 Å². The standard InChI is InChI=1S/C38H38/c1-2-3-5-8-30-11-13-31(14-12-30)15-16-32-17-23-37(24-18-32)38-27-21-34(22-28-38)29-33-19-25-36(26-20-33)35-9-6-4-7-10-35/h4,6-7,9-14,17-20,23-26,29,38H,2-3,5,8,21-22,27-28H2,1H3. The molecule has 0 amide bonds. The lowest BCUT2D eigenvalue weighted by molar-refractivity contribution is 0.519. The van der Waals surface area contributed by atoms with Crippen LogP contribution in [0.25, 0.3) is 17.2 Å². The van der Waals surface area contributed by atoms with Gasteiger partial charge in [-0.1, -0.05) is 122 Å². The highest BCUT2D eigenvalue weighted by atomic mass is 14.2. The Kier molecular flexibility index (Phi) is 8.91. The number of hydrogen-bond donors (Lipinski definition) is 0. The summed E-state index contributed by atoms with van der Waals surface area (Å²) >= 11 is 0. The van der Waals surface area contributed by atoms with Crippen LogP contribution in [0.1, 0.15) is 85.6 Å². The molecule has 0 heterocycles. The van der Waals surface area contributed by atoms with Crippen molar-refractivity contribution in [1.29, 1.82) is 0 Å². The zero-order valence-electron chi connectivity index (χ0n) is 22.6. The van der Waals surface area contributed by atoms with E-state index in [1.165, 1.54) is 79.2 Å². The van der Waals surface area contributed by atoms with Gasteiger partial charge in [-0.25, -0.2) is 0 Å². The van der Waals surface area contributed by atoms with Crippen molar-refractivity contribution in [3.8, 4) is 23.0 Å². The maximum absolute atomic E-state index is 3.35. The smallest absolute Gasteiger partial charge is 0.0249 e. The first-order chi connectivity index (χ1) is 18.8. The van der Waals surface area contributed by atoms with Gasteiger partial charge in [0.1, 0.15) is 0 Å². The number of aryl methyl sites for hydroxylation is 1. The topological polar surface area (TPSA) is 0 Å². The Morgan fingerprint density at radius 2 is 1.26 bits per heavy atom. The summed E-state index contributed by atoms with van der Waals surface area (Å²) in [6, 6.07) is 37.3. The molecule has 0 N–H and O–H groups in total. The fourth-order valence-electron chi connectivity index (χ4n) is 5.42. The van der Waals surface area contributed by atoms with Crippen molar-refractivity contribution >= 4 is 6.08 Å². The fourth-order valence-corrected chi connectivity index (χ4v) is 5.42. The summed E-state index contributed by atoms with van der Waals surface area (Å²) in [6.07, 6.45) is 12.2. The van der Waals surface area contributed by atoms with Crippen molar-refractivity contribution in [2.75, 3.05) is 0 Å². The minimum atomic E-state index is 0.648. The monoisotopic (exact) mass is 494 g/mol. The predicted molar refractivity (Wildman–Crippen MR) is 163 cm³/mol. The van der Waals surface area contributed by atoms with Crippen LogP contribution in [0.4, 0.5) is 0 Å². The van der Waals surface area contributed by atoms with Gasteiger partial charge in [0, 0.05) is 11.1 Å². The molecule has 1 aliphatic rings. The summed E-state index contributed by atoms with van der Waals surface area (Å²) in [6.45, 7) is 2.25. The zero-order chi connectivity index (χ0) is 26.0. The van der Waals surface area contributed by atoms with Gasteiger partial charge < -0.3 is 0 Å². The Hall–Kier alpha value is -3.82. The average molecular weight is 495 g/mol. The third-order valence-electron chi connectivity index (χ3n) is 7.77. The summed E-state index contributed by atoms with van der Waals surface area (Å²) < 4.78 is 0. The lowest BCUT2D eigenvalue weighted by Crippen LogP contribution is -2.06. The molecule has 1 aliphatic carbocycles. The molecule has 4 aromatic rings. The highest BCUT2D eigenvalue weighted by Gasteiger charge is 2.18. The van der Waals surface area contributed by atoms with Crippen molar-refractivity contribution in [1.82, 2.24) is 0 Å². The highest BCUT2D eigenvalue weighted by molar-refractivity contribution is 5.66. The maximum Gasteiger partial charge on any atom is 0.0249 e. The van der Waals surface area contributed by atoms with E-state index in [1.807, 2.05) is 0 Å². The van der Waals surface area contributed by atoms with Crippen LogP contribution in [0.3, 0.4) is 0 Å². The second kappa shape index (κ2) is 13.1. The number of hydrogen-bond acceptors (Lipinski definition) is 0. The Morgan fingerprint density at radius 3 is 1.89 bits per heavy atom. The minimum Gasteiger partial charge on any atom is -0.0696 e. The average Bonchev–Trinajstić information content (AvgIpc) is 2.98. The second-order valence-corrected chi connectivity index (χ2v) is 10.6. The number of benzene rings is 4. The van der Waals surface area contributed by atoms with E-state index >= 15 is 0 Å². The second-order valence-electron chi connectivity index (χ2n) is 10.6. The third kappa shape index (κ3) is 7.14. The quantitative estimate of drug-likeness (QED) is 0.177. The van der Waals surface area contributed by atoms with E-state index in [-0.39, 0.29) is 0 Å². The van der Waals surface area contributed by atoms with Crippen molar-refractivity contribution < 1.29 is 0 Å². The Balaban J connectivity index is 1.13. The van der Waals surface area contributed by atoms with Gasteiger partial charge in [-0.3, -0.25) is 0 Å². The van der Waals surface area contributed by atoms with Gasteiger partial charge in [-0.05, 0) is 96.5 Å². The predicted octanol–water partition coefficient (Wildman–Crippen LogP) is 10.2. The first-order valence-electron chi connectivity index (χ1n) is 14.3. The molecule has 0 atom stereocenters. The molecule has 0 unspecified atom stereocenters. The molecular weight excluding hydrogens is 456 g/mol. The molecule has 0 bridgehead atoms. The molecule has 0 radical (unpaired) electrons. The van der Waals surface area contributed by atoms with Gasteiger partial charge in [-0.15, -0.1) is 0 Å². The largest absolute Gasteiger partial charge is 0.0696 e. The summed E-state index contributed by atoms with van der Waals surface area (Å²) in [4.78, 5) is 0. The van der Waals surface area contributed by atoms with Crippen LogP contribution < -0.4 is 0 Å². The lowest BCUT2D eigenvalue weighted by atomic mass is 9.81. The van der Waals surface area contributed by atoms with Crippen molar-refractivity contribution in [2.45, 2.75) is 64.2 Å². The number of unbranched alkanes of at least 4 members (excludes halogenated alkanes) is 2. The summed E-state index contributed by atoms with van der Waals surface area (Å²) in [5, 5.41) is 0. The summed E-state index contributed by atoms with van der Waals surface area (Å²) in [7, 11) is 0.